The second kappa shape index (κ2) is 6.13. The van der Waals surface area contributed by atoms with Crippen LogP contribution in [0.15, 0.2) is 0 Å². The van der Waals surface area contributed by atoms with Crippen LogP contribution in [0.3, 0.4) is 0 Å². The third-order valence-corrected chi connectivity index (χ3v) is 3.56. The lowest BCUT2D eigenvalue weighted by Crippen LogP contribution is -2.52. The molecule has 4 nitrogen and oxygen atoms in total. The van der Waals surface area contributed by atoms with Crippen molar-refractivity contribution in [1.82, 2.24) is 10.2 Å². The van der Waals surface area contributed by atoms with Gasteiger partial charge in [0.1, 0.15) is 6.04 Å². The van der Waals surface area contributed by atoms with Crippen LogP contribution < -0.4 is 5.32 Å². The maximum atomic E-state index is 12.2. The molecule has 0 aromatic rings. The van der Waals surface area contributed by atoms with E-state index >= 15 is 0 Å². The molecule has 0 aromatic carbocycles. The smallest absolute Gasteiger partial charge is 0.245 e. The van der Waals surface area contributed by atoms with Crippen LogP contribution >= 0.6 is 11.8 Å². The summed E-state index contributed by atoms with van der Waals surface area (Å²) in [6.07, 6.45) is 0. The molecule has 5 heteroatoms. The molecule has 0 saturated carbocycles. The van der Waals surface area contributed by atoms with Gasteiger partial charge in [0.25, 0.3) is 0 Å². The molecular formula is C11H20N2O2S. The highest BCUT2D eigenvalue weighted by molar-refractivity contribution is 7.99. The standard InChI is InChI=1S/C11H20N2O2S/c1-8(2)10(12-9(3)14)11(15)13-4-6-16-7-5-13/h8,10H,4-7H2,1-3H3,(H,12,14)/t10-/m0/s1. The number of nitrogens with one attached hydrogen (secondary N) is 1. The van der Waals surface area contributed by atoms with Crippen LogP contribution in [-0.2, 0) is 9.59 Å². The van der Waals surface area contributed by atoms with Crippen molar-refractivity contribution < 1.29 is 9.59 Å². The van der Waals surface area contributed by atoms with Gasteiger partial charge in [-0.3, -0.25) is 9.59 Å². The van der Waals surface area contributed by atoms with Crippen molar-refractivity contribution in [2.45, 2.75) is 26.8 Å². The average Bonchev–Trinajstić information content (AvgIpc) is 2.25. The molecule has 1 rings (SSSR count). The molecule has 1 fully saturated rings. The highest BCUT2D eigenvalue weighted by Gasteiger charge is 2.28. The van der Waals surface area contributed by atoms with Gasteiger partial charge in [0, 0.05) is 31.5 Å². The zero-order chi connectivity index (χ0) is 12.1. The van der Waals surface area contributed by atoms with Crippen LogP contribution in [0.1, 0.15) is 20.8 Å². The summed E-state index contributed by atoms with van der Waals surface area (Å²) in [4.78, 5) is 25.1. The lowest BCUT2D eigenvalue weighted by atomic mass is 10.0. The van der Waals surface area contributed by atoms with Crippen molar-refractivity contribution in [3.63, 3.8) is 0 Å². The van der Waals surface area contributed by atoms with Gasteiger partial charge < -0.3 is 10.2 Å². The minimum atomic E-state index is -0.374. The van der Waals surface area contributed by atoms with Crippen molar-refractivity contribution in [3.05, 3.63) is 0 Å². The summed E-state index contributed by atoms with van der Waals surface area (Å²) < 4.78 is 0. The first-order chi connectivity index (χ1) is 7.52. The summed E-state index contributed by atoms with van der Waals surface area (Å²) in [5, 5.41) is 2.74. The minimum Gasteiger partial charge on any atom is -0.344 e. The number of nitrogens with zero attached hydrogens (tertiary/aromatic N) is 1. The van der Waals surface area contributed by atoms with Crippen molar-refractivity contribution >= 4 is 23.6 Å². The van der Waals surface area contributed by atoms with Crippen LogP contribution in [0.4, 0.5) is 0 Å². The SMILES string of the molecule is CC(=O)N[C@H](C(=O)N1CCSCC1)C(C)C. The van der Waals surface area contributed by atoms with E-state index in [4.69, 9.17) is 0 Å². The van der Waals surface area contributed by atoms with Gasteiger partial charge >= 0.3 is 0 Å². The van der Waals surface area contributed by atoms with E-state index in [1.54, 1.807) is 0 Å². The summed E-state index contributed by atoms with van der Waals surface area (Å²) in [5.74, 6) is 2.04. The normalized spacial score (nSPS) is 18.4. The maximum absolute atomic E-state index is 12.2. The van der Waals surface area contributed by atoms with E-state index in [9.17, 15) is 9.59 Å². The monoisotopic (exact) mass is 244 g/mol. The number of thioether (sulfide) groups is 1. The first-order valence-electron chi connectivity index (χ1n) is 5.66. The van der Waals surface area contributed by atoms with Crippen molar-refractivity contribution in [2.24, 2.45) is 5.92 Å². The molecule has 2 amide bonds. The van der Waals surface area contributed by atoms with Gasteiger partial charge in [-0.05, 0) is 5.92 Å². The fraction of sp³-hybridized carbons (Fsp3) is 0.818. The Morgan fingerprint density at radius 2 is 1.81 bits per heavy atom. The van der Waals surface area contributed by atoms with Crippen molar-refractivity contribution in [3.8, 4) is 0 Å². The Balaban J connectivity index is 2.61. The molecule has 1 saturated heterocycles. The third-order valence-electron chi connectivity index (χ3n) is 2.61. The van der Waals surface area contributed by atoms with E-state index in [0.717, 1.165) is 24.6 Å². The molecule has 16 heavy (non-hydrogen) atoms. The third kappa shape index (κ3) is 3.70. The molecule has 0 spiro atoms. The Hall–Kier alpha value is -0.710. The van der Waals surface area contributed by atoms with E-state index in [1.165, 1.54) is 6.92 Å². The zero-order valence-electron chi connectivity index (χ0n) is 10.2. The number of hydrogen-bond donors (Lipinski definition) is 1. The molecule has 0 aromatic heterocycles. The molecule has 92 valence electrons. The first-order valence-corrected chi connectivity index (χ1v) is 6.81. The van der Waals surface area contributed by atoms with Crippen molar-refractivity contribution in [1.29, 1.82) is 0 Å². The summed E-state index contributed by atoms with van der Waals surface area (Å²) >= 11 is 1.87. The largest absolute Gasteiger partial charge is 0.344 e. The van der Waals surface area contributed by atoms with Crippen LogP contribution in [-0.4, -0.2) is 47.4 Å². The van der Waals surface area contributed by atoms with E-state index in [1.807, 2.05) is 30.5 Å². The lowest BCUT2D eigenvalue weighted by molar-refractivity contribution is -0.137. The second-order valence-corrected chi connectivity index (χ2v) is 5.58. The van der Waals surface area contributed by atoms with Crippen molar-refractivity contribution in [2.75, 3.05) is 24.6 Å². The summed E-state index contributed by atoms with van der Waals surface area (Å²) in [6.45, 7) is 6.96. The first kappa shape index (κ1) is 13.4. The van der Waals surface area contributed by atoms with Crippen LogP contribution in [0.2, 0.25) is 0 Å². The number of carbonyl (C=O) groups excluding carboxylic acids is 2. The van der Waals surface area contributed by atoms with Gasteiger partial charge in [0.15, 0.2) is 0 Å². The predicted molar refractivity (Wildman–Crippen MR) is 66.3 cm³/mol. The predicted octanol–water partition coefficient (Wildman–Crippen LogP) is 0.722. The molecule has 1 aliphatic heterocycles. The van der Waals surface area contributed by atoms with Crippen LogP contribution in [0, 0.1) is 5.92 Å². The van der Waals surface area contributed by atoms with Gasteiger partial charge in [0.2, 0.25) is 11.8 Å². The summed E-state index contributed by atoms with van der Waals surface area (Å²) in [6, 6.07) is -0.374. The Bertz CT molecular complexity index is 263. The van der Waals surface area contributed by atoms with Gasteiger partial charge in [-0.15, -0.1) is 0 Å². The molecule has 0 bridgehead atoms. The Morgan fingerprint density at radius 1 is 1.25 bits per heavy atom. The Labute approximate surface area is 101 Å². The molecular weight excluding hydrogens is 224 g/mol. The molecule has 1 N–H and O–H groups in total. The van der Waals surface area contributed by atoms with E-state index in [0.29, 0.717) is 0 Å². The highest BCUT2D eigenvalue weighted by Crippen LogP contribution is 2.13. The van der Waals surface area contributed by atoms with Crippen LogP contribution in [0.5, 0.6) is 0 Å². The quantitative estimate of drug-likeness (QED) is 0.796. The van der Waals surface area contributed by atoms with E-state index < -0.39 is 0 Å². The lowest BCUT2D eigenvalue weighted by Gasteiger charge is -2.31. The number of amides is 2. The number of carbonyl (C=O) groups is 2. The topological polar surface area (TPSA) is 49.4 Å². The maximum Gasteiger partial charge on any atom is 0.245 e. The fourth-order valence-electron chi connectivity index (χ4n) is 1.71. The highest BCUT2D eigenvalue weighted by atomic mass is 32.2. The Morgan fingerprint density at radius 3 is 2.25 bits per heavy atom. The summed E-state index contributed by atoms with van der Waals surface area (Å²) in [7, 11) is 0. The Kier molecular flexibility index (Phi) is 5.12. The molecule has 1 aliphatic rings. The molecule has 0 unspecified atom stereocenters. The summed E-state index contributed by atoms with van der Waals surface area (Å²) in [5.41, 5.74) is 0. The second-order valence-electron chi connectivity index (χ2n) is 4.36. The zero-order valence-corrected chi connectivity index (χ0v) is 11.0. The van der Waals surface area contributed by atoms with Gasteiger partial charge in [-0.2, -0.15) is 11.8 Å². The fourth-order valence-corrected chi connectivity index (χ4v) is 2.62. The van der Waals surface area contributed by atoms with Gasteiger partial charge in [0.05, 0.1) is 0 Å². The average molecular weight is 244 g/mol. The van der Waals surface area contributed by atoms with Gasteiger partial charge in [-0.25, -0.2) is 0 Å². The van der Waals surface area contributed by atoms with E-state index in [-0.39, 0.29) is 23.8 Å². The number of hydrogen-bond acceptors (Lipinski definition) is 3. The molecule has 0 radical (unpaired) electrons. The molecule has 1 heterocycles. The van der Waals surface area contributed by atoms with Crippen LogP contribution in [0.25, 0.3) is 0 Å². The molecule has 1 atom stereocenters. The molecule has 0 aliphatic carbocycles. The van der Waals surface area contributed by atoms with E-state index in [2.05, 4.69) is 5.32 Å². The minimum absolute atomic E-state index is 0.0606. The number of rotatable bonds is 3. The van der Waals surface area contributed by atoms with Gasteiger partial charge in [-0.1, -0.05) is 13.8 Å².